The molecule has 0 radical (unpaired) electrons. The SMILES string of the molecule is CC(c1ccc(Cl)s1)N(C)CC1CCCNC1. The first kappa shape index (κ1) is 13.3. The second kappa shape index (κ2) is 6.19. The molecule has 2 nitrogen and oxygen atoms in total. The van der Waals surface area contributed by atoms with Gasteiger partial charge in [-0.15, -0.1) is 11.3 Å². The second-order valence-electron chi connectivity index (χ2n) is 4.97. The van der Waals surface area contributed by atoms with Gasteiger partial charge in [0.2, 0.25) is 0 Å². The smallest absolute Gasteiger partial charge is 0.0931 e. The predicted octanol–water partition coefficient (Wildman–Crippen LogP) is 3.39. The largest absolute Gasteiger partial charge is 0.316 e. The lowest BCUT2D eigenvalue weighted by molar-refractivity contribution is 0.201. The maximum Gasteiger partial charge on any atom is 0.0931 e. The number of hydrogen-bond donors (Lipinski definition) is 1. The minimum Gasteiger partial charge on any atom is -0.316 e. The van der Waals surface area contributed by atoms with Gasteiger partial charge in [-0.25, -0.2) is 0 Å². The Morgan fingerprint density at radius 3 is 3.00 bits per heavy atom. The first-order chi connectivity index (χ1) is 8.16. The summed E-state index contributed by atoms with van der Waals surface area (Å²) >= 11 is 7.69. The molecule has 2 unspecified atom stereocenters. The number of halogens is 1. The quantitative estimate of drug-likeness (QED) is 0.904. The Hall–Kier alpha value is -0.0900. The molecule has 0 aromatic carbocycles. The number of rotatable bonds is 4. The van der Waals surface area contributed by atoms with E-state index < -0.39 is 0 Å². The summed E-state index contributed by atoms with van der Waals surface area (Å²) in [4.78, 5) is 3.81. The third-order valence-electron chi connectivity index (χ3n) is 3.61. The molecule has 96 valence electrons. The van der Waals surface area contributed by atoms with E-state index in [1.165, 1.54) is 37.4 Å². The molecule has 2 atom stereocenters. The van der Waals surface area contributed by atoms with E-state index in [1.54, 1.807) is 11.3 Å². The van der Waals surface area contributed by atoms with Crippen molar-refractivity contribution in [3.63, 3.8) is 0 Å². The Bertz CT molecular complexity index is 347. The zero-order valence-electron chi connectivity index (χ0n) is 10.6. The summed E-state index contributed by atoms with van der Waals surface area (Å²) in [5.74, 6) is 0.798. The molecule has 1 saturated heterocycles. The van der Waals surface area contributed by atoms with E-state index in [-0.39, 0.29) is 0 Å². The van der Waals surface area contributed by atoms with Crippen molar-refractivity contribution >= 4 is 22.9 Å². The van der Waals surface area contributed by atoms with Crippen LogP contribution in [0, 0.1) is 5.92 Å². The van der Waals surface area contributed by atoms with Crippen molar-refractivity contribution in [3.05, 3.63) is 21.3 Å². The molecule has 1 aliphatic rings. The Morgan fingerprint density at radius 1 is 1.59 bits per heavy atom. The van der Waals surface area contributed by atoms with Crippen LogP contribution in [0.3, 0.4) is 0 Å². The molecule has 2 heterocycles. The van der Waals surface area contributed by atoms with Crippen LogP contribution in [0.5, 0.6) is 0 Å². The summed E-state index contributed by atoms with van der Waals surface area (Å²) in [6, 6.07) is 4.61. The minimum absolute atomic E-state index is 0.467. The summed E-state index contributed by atoms with van der Waals surface area (Å²) in [5, 5.41) is 3.48. The lowest BCUT2D eigenvalue weighted by atomic mass is 9.98. The van der Waals surface area contributed by atoms with Gasteiger partial charge in [0, 0.05) is 17.5 Å². The third kappa shape index (κ3) is 3.68. The van der Waals surface area contributed by atoms with Gasteiger partial charge in [-0.1, -0.05) is 11.6 Å². The Kier molecular flexibility index (Phi) is 4.86. The number of hydrogen-bond acceptors (Lipinski definition) is 3. The van der Waals surface area contributed by atoms with Crippen molar-refractivity contribution in [2.75, 3.05) is 26.7 Å². The van der Waals surface area contributed by atoms with Gasteiger partial charge in [-0.3, -0.25) is 4.90 Å². The molecule has 2 rings (SSSR count). The van der Waals surface area contributed by atoms with Gasteiger partial charge >= 0.3 is 0 Å². The van der Waals surface area contributed by atoms with Gasteiger partial charge in [0.25, 0.3) is 0 Å². The monoisotopic (exact) mass is 272 g/mol. The average molecular weight is 273 g/mol. The van der Waals surface area contributed by atoms with Gasteiger partial charge in [0.1, 0.15) is 0 Å². The number of nitrogens with zero attached hydrogens (tertiary/aromatic N) is 1. The lowest BCUT2D eigenvalue weighted by Crippen LogP contribution is -2.37. The average Bonchev–Trinajstić information content (AvgIpc) is 2.76. The third-order valence-corrected chi connectivity index (χ3v) is 5.01. The van der Waals surface area contributed by atoms with Crippen molar-refractivity contribution in [2.24, 2.45) is 5.92 Å². The van der Waals surface area contributed by atoms with Gasteiger partial charge in [-0.2, -0.15) is 0 Å². The van der Waals surface area contributed by atoms with Gasteiger partial charge in [0.05, 0.1) is 4.34 Å². The van der Waals surface area contributed by atoms with E-state index in [0.717, 1.165) is 10.3 Å². The molecule has 1 aromatic heterocycles. The molecule has 1 aromatic rings. The molecule has 0 bridgehead atoms. The van der Waals surface area contributed by atoms with Crippen molar-refractivity contribution in [1.82, 2.24) is 10.2 Å². The van der Waals surface area contributed by atoms with Crippen molar-refractivity contribution in [2.45, 2.75) is 25.8 Å². The van der Waals surface area contributed by atoms with Crippen LogP contribution in [0.1, 0.15) is 30.7 Å². The predicted molar refractivity (Wildman–Crippen MR) is 76.0 cm³/mol. The number of nitrogens with one attached hydrogen (secondary N) is 1. The molecule has 17 heavy (non-hydrogen) atoms. The molecule has 1 N–H and O–H groups in total. The maximum absolute atomic E-state index is 5.99. The number of thiophene rings is 1. The molecule has 0 saturated carbocycles. The molecule has 0 amide bonds. The van der Waals surface area contributed by atoms with Crippen LogP contribution in [0.15, 0.2) is 12.1 Å². The van der Waals surface area contributed by atoms with E-state index in [0.29, 0.717) is 6.04 Å². The molecular formula is C13H21ClN2S. The molecule has 1 fully saturated rings. The van der Waals surface area contributed by atoms with Crippen molar-refractivity contribution < 1.29 is 0 Å². The topological polar surface area (TPSA) is 15.3 Å². The van der Waals surface area contributed by atoms with Crippen LogP contribution in [0.25, 0.3) is 0 Å². The summed E-state index contributed by atoms with van der Waals surface area (Å²) in [6.45, 7) is 5.79. The van der Waals surface area contributed by atoms with Crippen LogP contribution in [0.4, 0.5) is 0 Å². The molecular weight excluding hydrogens is 252 g/mol. The zero-order chi connectivity index (χ0) is 12.3. The maximum atomic E-state index is 5.99. The highest BCUT2D eigenvalue weighted by Gasteiger charge is 2.19. The van der Waals surface area contributed by atoms with Crippen LogP contribution in [0.2, 0.25) is 4.34 Å². The molecule has 4 heteroatoms. The summed E-state index contributed by atoms with van der Waals surface area (Å²) < 4.78 is 0.889. The first-order valence-electron chi connectivity index (χ1n) is 6.33. The van der Waals surface area contributed by atoms with Crippen LogP contribution < -0.4 is 5.32 Å². The first-order valence-corrected chi connectivity index (χ1v) is 7.52. The van der Waals surface area contributed by atoms with E-state index >= 15 is 0 Å². The number of piperidine rings is 1. The van der Waals surface area contributed by atoms with E-state index in [9.17, 15) is 0 Å². The zero-order valence-corrected chi connectivity index (χ0v) is 12.2. The summed E-state index contributed by atoms with van der Waals surface area (Å²) in [6.07, 6.45) is 2.67. The summed E-state index contributed by atoms with van der Waals surface area (Å²) in [7, 11) is 2.22. The fourth-order valence-electron chi connectivity index (χ4n) is 2.42. The van der Waals surface area contributed by atoms with E-state index in [2.05, 4.69) is 30.3 Å². The van der Waals surface area contributed by atoms with Crippen LogP contribution >= 0.6 is 22.9 Å². The Balaban J connectivity index is 1.88. The highest BCUT2D eigenvalue weighted by Crippen LogP contribution is 2.30. The molecule has 0 aliphatic carbocycles. The van der Waals surface area contributed by atoms with Gasteiger partial charge in [-0.05, 0) is 58.0 Å². The van der Waals surface area contributed by atoms with Crippen molar-refractivity contribution in [1.29, 1.82) is 0 Å². The lowest BCUT2D eigenvalue weighted by Gasteiger charge is -2.30. The van der Waals surface area contributed by atoms with Crippen LogP contribution in [-0.2, 0) is 0 Å². The van der Waals surface area contributed by atoms with Crippen LogP contribution in [-0.4, -0.2) is 31.6 Å². The minimum atomic E-state index is 0.467. The fraction of sp³-hybridized carbons (Fsp3) is 0.692. The van der Waals surface area contributed by atoms with E-state index in [4.69, 9.17) is 11.6 Å². The Labute approximate surface area is 113 Å². The Morgan fingerprint density at radius 2 is 2.41 bits per heavy atom. The van der Waals surface area contributed by atoms with Crippen molar-refractivity contribution in [3.8, 4) is 0 Å². The van der Waals surface area contributed by atoms with E-state index in [1.807, 2.05) is 6.07 Å². The standard InChI is InChI=1S/C13H21ClN2S/c1-10(12-5-6-13(14)17-12)16(2)9-11-4-3-7-15-8-11/h5-6,10-11,15H,3-4,7-9H2,1-2H3. The van der Waals surface area contributed by atoms with Gasteiger partial charge < -0.3 is 5.32 Å². The second-order valence-corrected chi connectivity index (χ2v) is 6.72. The normalized spacial score (nSPS) is 22.9. The highest BCUT2D eigenvalue weighted by atomic mass is 35.5. The fourth-order valence-corrected chi connectivity index (χ4v) is 3.59. The molecule has 1 aliphatic heterocycles. The summed E-state index contributed by atoms with van der Waals surface area (Å²) in [5.41, 5.74) is 0. The highest BCUT2D eigenvalue weighted by molar-refractivity contribution is 7.16. The van der Waals surface area contributed by atoms with Gasteiger partial charge in [0.15, 0.2) is 0 Å². The molecule has 0 spiro atoms.